The number of hydrogen-bond donors (Lipinski definition) is 3. The summed E-state index contributed by atoms with van der Waals surface area (Å²) in [7, 11) is 0. The Kier molecular flexibility index (Phi) is 7.03. The minimum Gasteiger partial charge on any atom is -0.406 e. The van der Waals surface area contributed by atoms with E-state index in [1.165, 1.54) is 30.6 Å². The van der Waals surface area contributed by atoms with E-state index in [0.29, 0.717) is 16.9 Å². The fraction of sp³-hybridized carbons (Fsp3) is 0.185. The van der Waals surface area contributed by atoms with Crippen molar-refractivity contribution in [1.82, 2.24) is 24.5 Å². The Morgan fingerprint density at radius 2 is 2.05 bits per heavy atom. The number of para-hydroxylation sites is 1. The number of ether oxygens (including phenoxy) is 1. The molecule has 0 fully saturated rings. The summed E-state index contributed by atoms with van der Waals surface area (Å²) in [5, 5.41) is 9.91. The number of aromatic nitrogens is 5. The summed E-state index contributed by atoms with van der Waals surface area (Å²) in [6, 6.07) is 11.1. The van der Waals surface area contributed by atoms with Crippen LogP contribution in [0.3, 0.4) is 0 Å². The fourth-order valence-corrected chi connectivity index (χ4v) is 4.28. The number of aliphatic imine (C=N–C) groups is 1. The monoisotopic (exact) mass is 536 g/mol. The molecule has 3 heterocycles. The second-order valence-electron chi connectivity index (χ2n) is 8.86. The average Bonchev–Trinajstić information content (AvgIpc) is 3.57. The summed E-state index contributed by atoms with van der Waals surface area (Å²) >= 11 is 0. The van der Waals surface area contributed by atoms with E-state index in [0.717, 1.165) is 11.3 Å². The zero-order valence-corrected chi connectivity index (χ0v) is 20.6. The Morgan fingerprint density at radius 1 is 1.23 bits per heavy atom. The number of aryl methyl sites for hydroxylation is 1. The molecule has 39 heavy (non-hydrogen) atoms. The van der Waals surface area contributed by atoms with Crippen LogP contribution >= 0.6 is 0 Å². The molecule has 1 atom stereocenters. The van der Waals surface area contributed by atoms with Crippen molar-refractivity contribution in [2.75, 3.05) is 6.61 Å². The number of fused-ring (bicyclic) bond motifs is 1. The SMILES string of the molecule is Cc1cc(-n2ccnc2)cc2[nH]c(-c3c(N=CC(CO)Cc4ccccc4OC(F)(F)F)cc[nH]c3=O)nc12. The molecule has 5 rings (SSSR count). The number of hydrogen-bond acceptors (Lipinski definition) is 6. The van der Waals surface area contributed by atoms with Crippen LogP contribution in [0.5, 0.6) is 5.75 Å². The Balaban J connectivity index is 1.47. The molecular formula is C27H23F3N6O3. The van der Waals surface area contributed by atoms with E-state index < -0.39 is 17.8 Å². The van der Waals surface area contributed by atoms with Crippen molar-refractivity contribution in [2.45, 2.75) is 19.7 Å². The largest absolute Gasteiger partial charge is 0.573 e. The first-order chi connectivity index (χ1) is 18.7. The molecule has 9 nitrogen and oxygen atoms in total. The molecule has 0 aliphatic rings. The third-order valence-corrected chi connectivity index (χ3v) is 6.08. The van der Waals surface area contributed by atoms with Gasteiger partial charge in [-0.25, -0.2) is 9.97 Å². The van der Waals surface area contributed by atoms with Gasteiger partial charge in [0.2, 0.25) is 0 Å². The van der Waals surface area contributed by atoms with Crippen LogP contribution in [0.15, 0.2) is 77.2 Å². The van der Waals surface area contributed by atoms with Crippen LogP contribution in [-0.4, -0.2) is 48.8 Å². The van der Waals surface area contributed by atoms with Crippen LogP contribution in [0.4, 0.5) is 18.9 Å². The zero-order chi connectivity index (χ0) is 27.6. The highest BCUT2D eigenvalue weighted by Crippen LogP contribution is 2.30. The molecule has 0 saturated carbocycles. The van der Waals surface area contributed by atoms with Gasteiger partial charge in [-0.3, -0.25) is 9.79 Å². The van der Waals surface area contributed by atoms with Crippen LogP contribution in [0, 0.1) is 12.8 Å². The van der Waals surface area contributed by atoms with E-state index in [9.17, 15) is 23.1 Å². The Bertz CT molecular complexity index is 1690. The molecule has 0 bridgehead atoms. The highest BCUT2D eigenvalue weighted by molar-refractivity contribution is 5.86. The molecule has 2 aromatic carbocycles. The number of nitrogens with one attached hydrogen (secondary N) is 2. The summed E-state index contributed by atoms with van der Waals surface area (Å²) in [5.74, 6) is -0.693. The molecule has 0 spiro atoms. The van der Waals surface area contributed by atoms with Gasteiger partial charge in [-0.2, -0.15) is 0 Å². The summed E-state index contributed by atoms with van der Waals surface area (Å²) in [5.41, 5.74) is 3.44. The fourth-order valence-electron chi connectivity index (χ4n) is 4.28. The van der Waals surface area contributed by atoms with Gasteiger partial charge in [0.05, 0.1) is 29.7 Å². The topological polar surface area (TPSA) is 121 Å². The Hall–Kier alpha value is -4.71. The first-order valence-corrected chi connectivity index (χ1v) is 11.9. The number of aliphatic hydroxyl groups excluding tert-OH is 1. The van der Waals surface area contributed by atoms with Crippen LogP contribution in [0.1, 0.15) is 11.1 Å². The lowest BCUT2D eigenvalue weighted by Crippen LogP contribution is -2.19. The number of rotatable bonds is 8. The summed E-state index contributed by atoms with van der Waals surface area (Å²) in [4.78, 5) is 31.8. The van der Waals surface area contributed by atoms with E-state index in [2.05, 4.69) is 29.7 Å². The third kappa shape index (κ3) is 5.75. The number of imidazole rings is 2. The molecule has 5 aromatic rings. The van der Waals surface area contributed by atoms with Gasteiger partial charge >= 0.3 is 6.36 Å². The van der Waals surface area contributed by atoms with Crippen LogP contribution in [-0.2, 0) is 6.42 Å². The number of pyridine rings is 1. The first kappa shape index (κ1) is 25.9. The van der Waals surface area contributed by atoms with E-state index in [-0.39, 0.29) is 35.6 Å². The first-order valence-electron chi connectivity index (χ1n) is 11.9. The molecule has 1 unspecified atom stereocenters. The molecule has 12 heteroatoms. The average molecular weight is 537 g/mol. The van der Waals surface area contributed by atoms with Crippen LogP contribution in [0.2, 0.25) is 0 Å². The summed E-state index contributed by atoms with van der Waals surface area (Å²) < 4.78 is 44.4. The van der Waals surface area contributed by atoms with Crippen molar-refractivity contribution in [3.63, 3.8) is 0 Å². The van der Waals surface area contributed by atoms with Crippen LogP contribution < -0.4 is 10.3 Å². The Morgan fingerprint density at radius 3 is 2.79 bits per heavy atom. The maximum absolute atomic E-state index is 12.9. The highest BCUT2D eigenvalue weighted by atomic mass is 19.4. The molecule has 3 N–H and O–H groups in total. The van der Waals surface area contributed by atoms with Crippen molar-refractivity contribution >= 4 is 22.9 Å². The predicted molar refractivity (Wildman–Crippen MR) is 140 cm³/mol. The maximum atomic E-state index is 12.9. The van der Waals surface area contributed by atoms with E-state index in [4.69, 9.17) is 0 Å². The number of aromatic amines is 2. The molecule has 0 aliphatic carbocycles. The Labute approximate surface area is 219 Å². The van der Waals surface area contributed by atoms with Gasteiger partial charge in [-0.05, 0) is 48.7 Å². The van der Waals surface area contributed by atoms with E-state index in [1.54, 1.807) is 24.7 Å². The molecule has 200 valence electrons. The minimum atomic E-state index is -4.84. The molecule has 0 aliphatic heterocycles. The number of H-pyrrole nitrogens is 2. The van der Waals surface area contributed by atoms with E-state index in [1.807, 2.05) is 29.8 Å². The van der Waals surface area contributed by atoms with Gasteiger partial charge in [0.1, 0.15) is 17.1 Å². The minimum absolute atomic E-state index is 0.0334. The quantitative estimate of drug-likeness (QED) is 0.245. The van der Waals surface area contributed by atoms with Gasteiger partial charge in [-0.1, -0.05) is 18.2 Å². The van der Waals surface area contributed by atoms with Crippen molar-refractivity contribution < 1.29 is 23.0 Å². The summed E-state index contributed by atoms with van der Waals surface area (Å²) in [6.07, 6.45) is 3.20. The molecule has 0 saturated heterocycles. The second-order valence-corrected chi connectivity index (χ2v) is 8.86. The number of alkyl halides is 3. The third-order valence-electron chi connectivity index (χ3n) is 6.08. The van der Waals surface area contributed by atoms with Gasteiger partial charge in [0, 0.05) is 36.4 Å². The molecule has 3 aromatic heterocycles. The van der Waals surface area contributed by atoms with Crippen molar-refractivity contribution in [3.8, 4) is 22.8 Å². The molecule has 0 radical (unpaired) electrons. The lowest BCUT2D eigenvalue weighted by Gasteiger charge is -2.15. The van der Waals surface area contributed by atoms with Crippen molar-refractivity contribution in [3.05, 3.63) is 88.9 Å². The van der Waals surface area contributed by atoms with Gasteiger partial charge in [-0.15, -0.1) is 13.2 Å². The zero-order valence-electron chi connectivity index (χ0n) is 20.6. The maximum Gasteiger partial charge on any atom is 0.573 e. The van der Waals surface area contributed by atoms with Crippen molar-refractivity contribution in [1.29, 1.82) is 0 Å². The molecule has 0 amide bonds. The lowest BCUT2D eigenvalue weighted by molar-refractivity contribution is -0.274. The lowest BCUT2D eigenvalue weighted by atomic mass is 10.0. The molecular weight excluding hydrogens is 513 g/mol. The van der Waals surface area contributed by atoms with Crippen molar-refractivity contribution in [2.24, 2.45) is 10.9 Å². The van der Waals surface area contributed by atoms with Gasteiger partial charge < -0.3 is 24.4 Å². The predicted octanol–water partition coefficient (Wildman–Crippen LogP) is 4.86. The number of aliphatic hydroxyl groups is 1. The number of halogens is 3. The smallest absolute Gasteiger partial charge is 0.406 e. The normalized spacial score (nSPS) is 12.8. The number of benzene rings is 2. The number of nitrogens with zero attached hydrogens (tertiary/aromatic N) is 4. The highest BCUT2D eigenvalue weighted by Gasteiger charge is 2.32. The van der Waals surface area contributed by atoms with E-state index >= 15 is 0 Å². The van der Waals surface area contributed by atoms with Gasteiger partial charge in [0.25, 0.3) is 5.56 Å². The second kappa shape index (κ2) is 10.6. The van der Waals surface area contributed by atoms with Crippen LogP contribution in [0.25, 0.3) is 28.1 Å². The summed E-state index contributed by atoms with van der Waals surface area (Å²) in [6.45, 7) is 1.52. The standard InChI is InChI=1S/C27H23F3N6O3/c1-16-10-19(36-9-8-31-15-36)12-21-24(16)35-25(34-21)23-20(6-7-32-26(23)38)33-13-17(14-37)11-18-4-2-3-5-22(18)39-27(28,29)30/h2-10,12-13,15,17,37H,11,14H2,1H3,(H,32,38)(H,34,35). The van der Waals surface area contributed by atoms with Gasteiger partial charge in [0.15, 0.2) is 0 Å².